The van der Waals surface area contributed by atoms with Gasteiger partial charge in [0.25, 0.3) is 0 Å². The average Bonchev–Trinajstić information content (AvgIpc) is 2.61. The number of guanidine groups is 1. The van der Waals surface area contributed by atoms with E-state index in [-0.39, 0.29) is 11.6 Å². The summed E-state index contributed by atoms with van der Waals surface area (Å²) >= 11 is 0. The Labute approximate surface area is 147 Å². The van der Waals surface area contributed by atoms with Gasteiger partial charge < -0.3 is 20.5 Å². The number of nitrogens with one attached hydrogen (secondary N) is 2. The topological polar surface area (TPSA) is 65.9 Å². The van der Waals surface area contributed by atoms with Crippen molar-refractivity contribution in [2.24, 2.45) is 4.99 Å². The van der Waals surface area contributed by atoms with E-state index in [1.165, 1.54) is 12.1 Å². The molecule has 5 nitrogen and oxygen atoms in total. The summed E-state index contributed by atoms with van der Waals surface area (Å²) in [6.07, 6.45) is 0. The molecule has 0 aliphatic heterocycles. The zero-order valence-electron chi connectivity index (χ0n) is 14.6. The second-order valence-corrected chi connectivity index (χ2v) is 5.41. The van der Waals surface area contributed by atoms with E-state index in [0.717, 1.165) is 17.7 Å². The molecular weight excluding hydrogens is 321 g/mol. The summed E-state index contributed by atoms with van der Waals surface area (Å²) in [5.74, 6) is 0.995. The van der Waals surface area contributed by atoms with Crippen LogP contribution in [0.25, 0.3) is 0 Å². The number of aromatic hydroxyl groups is 1. The van der Waals surface area contributed by atoms with Gasteiger partial charge in [0.05, 0.1) is 13.2 Å². The van der Waals surface area contributed by atoms with Crippen molar-refractivity contribution < 1.29 is 14.2 Å². The highest BCUT2D eigenvalue weighted by Gasteiger charge is 2.04. The number of ether oxygens (including phenoxy) is 1. The van der Waals surface area contributed by atoms with Gasteiger partial charge in [-0.25, -0.2) is 9.38 Å². The molecular formula is C19H24FN3O2. The lowest BCUT2D eigenvalue weighted by Gasteiger charge is -2.12. The standard InChI is InChI=1S/C19H24FN3O2/c1-3-21-19(22-12-14-5-8-16(20)9-6-14)23-13-15-7-10-17(24)18(11-15)25-4-2/h5-11,24H,3-4,12-13H2,1-2H3,(H2,21,22,23). The second-order valence-electron chi connectivity index (χ2n) is 5.41. The quantitative estimate of drug-likeness (QED) is 0.533. The summed E-state index contributed by atoms with van der Waals surface area (Å²) in [6, 6.07) is 11.5. The SMILES string of the molecule is CCNC(=NCc1ccc(O)c(OCC)c1)NCc1ccc(F)cc1. The predicted octanol–water partition coefficient (Wildman–Crippen LogP) is 3.19. The van der Waals surface area contributed by atoms with Gasteiger partial charge in [0.1, 0.15) is 5.82 Å². The van der Waals surface area contributed by atoms with Gasteiger partial charge in [-0.2, -0.15) is 0 Å². The maximum absolute atomic E-state index is 12.9. The maximum Gasteiger partial charge on any atom is 0.191 e. The minimum atomic E-state index is -0.248. The van der Waals surface area contributed by atoms with Gasteiger partial charge in [0.2, 0.25) is 0 Å². The van der Waals surface area contributed by atoms with E-state index in [2.05, 4.69) is 15.6 Å². The molecule has 0 fully saturated rings. The molecule has 6 heteroatoms. The first kappa shape index (κ1) is 18.6. The van der Waals surface area contributed by atoms with Gasteiger partial charge in [0, 0.05) is 13.1 Å². The van der Waals surface area contributed by atoms with E-state index < -0.39 is 0 Å². The van der Waals surface area contributed by atoms with Gasteiger partial charge in [-0.15, -0.1) is 0 Å². The Bertz CT molecular complexity index is 702. The van der Waals surface area contributed by atoms with Crippen LogP contribution in [0.3, 0.4) is 0 Å². The molecule has 2 aromatic rings. The van der Waals surface area contributed by atoms with Crippen LogP contribution in [-0.4, -0.2) is 24.2 Å². The van der Waals surface area contributed by atoms with Crippen LogP contribution in [0.15, 0.2) is 47.5 Å². The van der Waals surface area contributed by atoms with Crippen molar-refractivity contribution in [2.45, 2.75) is 26.9 Å². The van der Waals surface area contributed by atoms with Gasteiger partial charge in [-0.05, 0) is 49.2 Å². The summed E-state index contributed by atoms with van der Waals surface area (Å²) in [5.41, 5.74) is 1.90. The van der Waals surface area contributed by atoms with E-state index in [1.807, 2.05) is 19.9 Å². The van der Waals surface area contributed by atoms with E-state index in [4.69, 9.17) is 4.74 Å². The van der Waals surface area contributed by atoms with Crippen molar-refractivity contribution >= 4 is 5.96 Å². The van der Waals surface area contributed by atoms with Gasteiger partial charge >= 0.3 is 0 Å². The molecule has 3 N–H and O–H groups in total. The number of phenolic OH excluding ortho intramolecular Hbond substituents is 1. The lowest BCUT2D eigenvalue weighted by atomic mass is 10.2. The predicted molar refractivity (Wildman–Crippen MR) is 97.3 cm³/mol. The monoisotopic (exact) mass is 345 g/mol. The molecule has 25 heavy (non-hydrogen) atoms. The molecule has 0 atom stereocenters. The van der Waals surface area contributed by atoms with Gasteiger partial charge in [0.15, 0.2) is 17.5 Å². The highest BCUT2D eigenvalue weighted by atomic mass is 19.1. The Kier molecular flexibility index (Phi) is 7.07. The molecule has 0 bridgehead atoms. The van der Waals surface area contributed by atoms with Crippen molar-refractivity contribution in [3.63, 3.8) is 0 Å². The van der Waals surface area contributed by atoms with Crippen LogP contribution in [-0.2, 0) is 13.1 Å². The fraction of sp³-hybridized carbons (Fsp3) is 0.316. The molecule has 0 saturated carbocycles. The Balaban J connectivity index is 2.01. The van der Waals surface area contributed by atoms with E-state index in [9.17, 15) is 9.50 Å². The number of phenols is 1. The third-order valence-electron chi connectivity index (χ3n) is 3.46. The molecule has 134 valence electrons. The van der Waals surface area contributed by atoms with E-state index in [1.54, 1.807) is 24.3 Å². The third kappa shape index (κ3) is 5.99. The molecule has 0 unspecified atom stereocenters. The number of rotatable bonds is 7. The highest BCUT2D eigenvalue weighted by molar-refractivity contribution is 5.79. The van der Waals surface area contributed by atoms with Gasteiger partial charge in [-0.1, -0.05) is 18.2 Å². The fourth-order valence-corrected chi connectivity index (χ4v) is 2.23. The summed E-state index contributed by atoms with van der Waals surface area (Å²) in [7, 11) is 0. The van der Waals surface area contributed by atoms with E-state index in [0.29, 0.717) is 31.4 Å². The Morgan fingerprint density at radius 3 is 2.48 bits per heavy atom. The van der Waals surface area contributed by atoms with Crippen molar-refractivity contribution in [1.29, 1.82) is 0 Å². The fourth-order valence-electron chi connectivity index (χ4n) is 2.23. The van der Waals surface area contributed by atoms with Crippen molar-refractivity contribution in [1.82, 2.24) is 10.6 Å². The number of halogens is 1. The summed E-state index contributed by atoms with van der Waals surface area (Å²) in [5, 5.41) is 16.1. The molecule has 2 aromatic carbocycles. The smallest absolute Gasteiger partial charge is 0.191 e. The maximum atomic E-state index is 12.9. The average molecular weight is 345 g/mol. The summed E-state index contributed by atoms with van der Waals surface area (Å²) in [6.45, 7) is 6.07. The molecule has 0 radical (unpaired) electrons. The summed E-state index contributed by atoms with van der Waals surface area (Å²) < 4.78 is 18.3. The van der Waals surface area contributed by atoms with Crippen LogP contribution in [0.1, 0.15) is 25.0 Å². The Morgan fingerprint density at radius 2 is 1.80 bits per heavy atom. The number of hydrogen-bond donors (Lipinski definition) is 3. The lowest BCUT2D eigenvalue weighted by Crippen LogP contribution is -2.36. The van der Waals surface area contributed by atoms with Gasteiger partial charge in [-0.3, -0.25) is 0 Å². The van der Waals surface area contributed by atoms with Crippen LogP contribution >= 0.6 is 0 Å². The first-order valence-corrected chi connectivity index (χ1v) is 8.33. The van der Waals surface area contributed by atoms with Crippen LogP contribution in [0, 0.1) is 5.82 Å². The van der Waals surface area contributed by atoms with Crippen LogP contribution < -0.4 is 15.4 Å². The molecule has 0 heterocycles. The number of benzene rings is 2. The second kappa shape index (κ2) is 9.52. The molecule has 2 rings (SSSR count). The highest BCUT2D eigenvalue weighted by Crippen LogP contribution is 2.27. The third-order valence-corrected chi connectivity index (χ3v) is 3.46. The van der Waals surface area contributed by atoms with Crippen molar-refractivity contribution in [3.8, 4) is 11.5 Å². The summed E-state index contributed by atoms with van der Waals surface area (Å²) in [4.78, 5) is 4.53. The first-order chi connectivity index (χ1) is 12.1. The molecule has 0 aliphatic rings. The zero-order valence-corrected chi connectivity index (χ0v) is 14.6. The number of nitrogens with zero attached hydrogens (tertiary/aromatic N) is 1. The van der Waals surface area contributed by atoms with Crippen molar-refractivity contribution in [3.05, 3.63) is 59.4 Å². The Hall–Kier alpha value is -2.76. The molecule has 0 spiro atoms. The van der Waals surface area contributed by atoms with Crippen molar-refractivity contribution in [2.75, 3.05) is 13.2 Å². The van der Waals surface area contributed by atoms with Crippen LogP contribution in [0.4, 0.5) is 4.39 Å². The minimum absolute atomic E-state index is 0.121. The first-order valence-electron chi connectivity index (χ1n) is 8.33. The van der Waals surface area contributed by atoms with Crippen LogP contribution in [0.5, 0.6) is 11.5 Å². The normalized spacial score (nSPS) is 11.2. The Morgan fingerprint density at radius 1 is 1.08 bits per heavy atom. The van der Waals surface area contributed by atoms with Crippen LogP contribution in [0.2, 0.25) is 0 Å². The zero-order chi connectivity index (χ0) is 18.1. The molecule has 0 saturated heterocycles. The largest absolute Gasteiger partial charge is 0.504 e. The molecule has 0 aromatic heterocycles. The number of hydrogen-bond acceptors (Lipinski definition) is 3. The molecule has 0 aliphatic carbocycles. The lowest BCUT2D eigenvalue weighted by molar-refractivity contribution is 0.318. The number of aliphatic imine (C=N–C) groups is 1. The van der Waals surface area contributed by atoms with E-state index >= 15 is 0 Å². The molecule has 0 amide bonds. The minimum Gasteiger partial charge on any atom is -0.504 e.